The van der Waals surface area contributed by atoms with Gasteiger partial charge in [0.2, 0.25) is 0 Å². The van der Waals surface area contributed by atoms with Crippen LogP contribution in [0.25, 0.3) is 0 Å². The van der Waals surface area contributed by atoms with Crippen molar-refractivity contribution >= 4 is 17.4 Å². The number of amidine groups is 1. The molecule has 2 fully saturated rings. The third-order valence-electron chi connectivity index (χ3n) is 4.19. The highest BCUT2D eigenvalue weighted by Gasteiger charge is 2.41. The van der Waals surface area contributed by atoms with Gasteiger partial charge in [0, 0.05) is 5.02 Å². The van der Waals surface area contributed by atoms with Crippen LogP contribution in [-0.2, 0) is 0 Å². The Kier molecular flexibility index (Phi) is 2.94. The molecule has 0 aromatic heterocycles. The van der Waals surface area contributed by atoms with E-state index >= 15 is 0 Å². The van der Waals surface area contributed by atoms with Crippen LogP contribution in [0.3, 0.4) is 0 Å². The smallest absolute Gasteiger partial charge is 0.132 e. The van der Waals surface area contributed by atoms with E-state index in [0.29, 0.717) is 22.3 Å². The number of nitrogen functional groups attached to an aromatic ring is 1. The van der Waals surface area contributed by atoms with Crippen LogP contribution in [0.4, 0.5) is 0 Å². The molecule has 3 atom stereocenters. The van der Waals surface area contributed by atoms with Gasteiger partial charge < -0.3 is 10.5 Å². The maximum absolute atomic E-state index is 7.58. The Balaban J connectivity index is 1.83. The van der Waals surface area contributed by atoms with Crippen LogP contribution in [0.15, 0.2) is 18.2 Å². The van der Waals surface area contributed by atoms with E-state index in [-0.39, 0.29) is 11.9 Å². The minimum Gasteiger partial charge on any atom is -0.489 e. The Morgan fingerprint density at radius 1 is 1.33 bits per heavy atom. The number of benzene rings is 1. The van der Waals surface area contributed by atoms with E-state index in [4.69, 9.17) is 27.5 Å². The lowest BCUT2D eigenvalue weighted by Gasteiger charge is -2.24. The molecule has 96 valence electrons. The lowest BCUT2D eigenvalue weighted by atomic mass is 9.97. The Morgan fingerprint density at radius 3 is 2.78 bits per heavy atom. The summed E-state index contributed by atoms with van der Waals surface area (Å²) >= 11 is 5.99. The molecule has 0 saturated heterocycles. The van der Waals surface area contributed by atoms with Gasteiger partial charge in [0.05, 0.1) is 5.56 Å². The monoisotopic (exact) mass is 264 g/mol. The zero-order valence-corrected chi connectivity index (χ0v) is 10.9. The molecule has 4 heteroatoms. The fourth-order valence-electron chi connectivity index (χ4n) is 3.31. The van der Waals surface area contributed by atoms with Gasteiger partial charge in [-0.1, -0.05) is 11.6 Å². The first kappa shape index (κ1) is 11.8. The number of halogens is 1. The molecule has 3 N–H and O–H groups in total. The Morgan fingerprint density at radius 2 is 2.17 bits per heavy atom. The highest BCUT2D eigenvalue weighted by molar-refractivity contribution is 6.30. The molecule has 3 nitrogen and oxygen atoms in total. The van der Waals surface area contributed by atoms with Crippen LogP contribution in [0.2, 0.25) is 5.02 Å². The highest BCUT2D eigenvalue weighted by Crippen LogP contribution is 2.46. The Bertz CT molecular complexity index is 489. The number of ether oxygens (including phenoxy) is 1. The first-order valence-corrected chi connectivity index (χ1v) is 6.82. The second-order valence-corrected chi connectivity index (χ2v) is 5.82. The number of hydrogen-bond acceptors (Lipinski definition) is 2. The molecular weight excluding hydrogens is 248 g/mol. The predicted molar refractivity (Wildman–Crippen MR) is 72.3 cm³/mol. The summed E-state index contributed by atoms with van der Waals surface area (Å²) in [6.07, 6.45) is 5.32. The minimum atomic E-state index is 0.0322. The van der Waals surface area contributed by atoms with Gasteiger partial charge in [-0.3, -0.25) is 5.41 Å². The maximum Gasteiger partial charge on any atom is 0.132 e. The van der Waals surface area contributed by atoms with E-state index < -0.39 is 0 Å². The predicted octanol–water partition coefficient (Wildman–Crippen LogP) is 3.19. The van der Waals surface area contributed by atoms with E-state index in [0.717, 1.165) is 12.3 Å². The third-order valence-corrected chi connectivity index (χ3v) is 4.42. The SMILES string of the molecule is N=C(N)c1ccc(Cl)cc1OC1CC2CCC1C2. The molecule has 2 saturated carbocycles. The summed E-state index contributed by atoms with van der Waals surface area (Å²) in [4.78, 5) is 0. The van der Waals surface area contributed by atoms with E-state index in [1.54, 1.807) is 18.2 Å². The Labute approximate surface area is 112 Å². The third kappa shape index (κ3) is 2.07. The van der Waals surface area contributed by atoms with Crippen molar-refractivity contribution in [2.24, 2.45) is 17.6 Å². The van der Waals surface area contributed by atoms with Crippen molar-refractivity contribution < 1.29 is 4.74 Å². The lowest BCUT2D eigenvalue weighted by molar-refractivity contribution is 0.138. The van der Waals surface area contributed by atoms with Crippen LogP contribution >= 0.6 is 11.6 Å². The quantitative estimate of drug-likeness (QED) is 0.651. The molecular formula is C14H17ClN2O. The fraction of sp³-hybridized carbons (Fsp3) is 0.500. The van der Waals surface area contributed by atoms with Gasteiger partial charge in [-0.15, -0.1) is 0 Å². The maximum atomic E-state index is 7.58. The molecule has 1 aromatic carbocycles. The molecule has 2 bridgehead atoms. The van der Waals surface area contributed by atoms with Crippen LogP contribution < -0.4 is 10.5 Å². The molecule has 0 spiro atoms. The molecule has 2 aliphatic rings. The van der Waals surface area contributed by atoms with E-state index in [9.17, 15) is 0 Å². The zero-order chi connectivity index (χ0) is 12.7. The van der Waals surface area contributed by atoms with E-state index in [2.05, 4.69) is 0 Å². The molecule has 2 aliphatic carbocycles. The van der Waals surface area contributed by atoms with Gasteiger partial charge in [-0.05, 0) is 55.7 Å². The minimum absolute atomic E-state index is 0.0322. The largest absolute Gasteiger partial charge is 0.489 e. The molecule has 1 aromatic rings. The average molecular weight is 265 g/mol. The lowest BCUT2D eigenvalue weighted by Crippen LogP contribution is -2.25. The summed E-state index contributed by atoms with van der Waals surface area (Å²) in [6, 6.07) is 5.27. The van der Waals surface area contributed by atoms with Crippen molar-refractivity contribution in [3.63, 3.8) is 0 Å². The summed E-state index contributed by atoms with van der Waals surface area (Å²) < 4.78 is 6.08. The normalized spacial score (nSPS) is 29.5. The average Bonchev–Trinajstić information content (AvgIpc) is 2.90. The van der Waals surface area contributed by atoms with Crippen LogP contribution in [0.5, 0.6) is 5.75 Å². The van der Waals surface area contributed by atoms with Crippen LogP contribution in [0.1, 0.15) is 31.2 Å². The molecule has 0 heterocycles. The van der Waals surface area contributed by atoms with Crippen molar-refractivity contribution in [2.75, 3.05) is 0 Å². The first-order chi connectivity index (χ1) is 8.63. The van der Waals surface area contributed by atoms with Crippen molar-refractivity contribution in [1.82, 2.24) is 0 Å². The molecule has 18 heavy (non-hydrogen) atoms. The number of fused-ring (bicyclic) bond motifs is 2. The summed E-state index contributed by atoms with van der Waals surface area (Å²) in [7, 11) is 0. The van der Waals surface area contributed by atoms with E-state index in [1.807, 2.05) is 0 Å². The standard InChI is InChI=1S/C14H17ClN2O/c15-10-3-4-11(14(16)17)13(7-10)18-12-6-8-1-2-9(12)5-8/h3-4,7-9,12H,1-2,5-6H2,(H3,16,17). The van der Waals surface area contributed by atoms with Gasteiger partial charge in [-0.25, -0.2) is 0 Å². The topological polar surface area (TPSA) is 59.1 Å². The van der Waals surface area contributed by atoms with Crippen molar-refractivity contribution in [3.8, 4) is 5.75 Å². The van der Waals surface area contributed by atoms with E-state index in [1.165, 1.54) is 19.3 Å². The molecule has 0 radical (unpaired) electrons. The number of nitrogens with two attached hydrogens (primary N) is 1. The molecule has 3 unspecified atom stereocenters. The second kappa shape index (κ2) is 4.47. The van der Waals surface area contributed by atoms with Crippen LogP contribution in [0, 0.1) is 17.2 Å². The fourth-order valence-corrected chi connectivity index (χ4v) is 3.47. The highest BCUT2D eigenvalue weighted by atomic mass is 35.5. The van der Waals surface area contributed by atoms with Gasteiger partial charge in [0.15, 0.2) is 0 Å². The zero-order valence-electron chi connectivity index (χ0n) is 10.2. The summed E-state index contributed by atoms with van der Waals surface area (Å²) in [5, 5.41) is 8.20. The molecule has 0 amide bonds. The second-order valence-electron chi connectivity index (χ2n) is 5.39. The van der Waals surface area contributed by atoms with Gasteiger partial charge >= 0.3 is 0 Å². The number of rotatable bonds is 3. The summed E-state index contributed by atoms with van der Waals surface area (Å²) in [5.41, 5.74) is 6.22. The summed E-state index contributed by atoms with van der Waals surface area (Å²) in [5.74, 6) is 2.20. The first-order valence-electron chi connectivity index (χ1n) is 6.44. The van der Waals surface area contributed by atoms with Crippen molar-refractivity contribution in [2.45, 2.75) is 31.8 Å². The van der Waals surface area contributed by atoms with Gasteiger partial charge in [0.25, 0.3) is 0 Å². The summed E-state index contributed by atoms with van der Waals surface area (Å²) in [6.45, 7) is 0. The van der Waals surface area contributed by atoms with Crippen LogP contribution in [-0.4, -0.2) is 11.9 Å². The Hall–Kier alpha value is -1.22. The molecule has 0 aliphatic heterocycles. The van der Waals surface area contributed by atoms with Crippen molar-refractivity contribution in [3.05, 3.63) is 28.8 Å². The number of hydrogen-bond donors (Lipinski definition) is 2. The van der Waals surface area contributed by atoms with Crippen molar-refractivity contribution in [1.29, 1.82) is 5.41 Å². The van der Waals surface area contributed by atoms with Gasteiger partial charge in [0.1, 0.15) is 17.7 Å². The van der Waals surface area contributed by atoms with Gasteiger partial charge in [-0.2, -0.15) is 0 Å². The molecule has 3 rings (SSSR count). The number of nitrogens with one attached hydrogen (secondary N) is 1.